The van der Waals surface area contributed by atoms with E-state index in [2.05, 4.69) is 10.1 Å². The summed E-state index contributed by atoms with van der Waals surface area (Å²) in [6, 6.07) is 7.18. The lowest BCUT2D eigenvalue weighted by Gasteiger charge is -2.07. The van der Waals surface area contributed by atoms with E-state index in [1.807, 2.05) is 6.07 Å². The Labute approximate surface area is 160 Å². The van der Waals surface area contributed by atoms with Crippen LogP contribution in [0.3, 0.4) is 0 Å². The van der Waals surface area contributed by atoms with Gasteiger partial charge in [-0.2, -0.15) is 5.10 Å². The second kappa shape index (κ2) is 6.50. The fraction of sp³-hybridized carbons (Fsp3) is 0.222. The number of fused-ring (bicyclic) bond motifs is 3. The van der Waals surface area contributed by atoms with Gasteiger partial charge in [-0.25, -0.2) is 9.67 Å². The summed E-state index contributed by atoms with van der Waals surface area (Å²) in [6.07, 6.45) is 3.23. The van der Waals surface area contributed by atoms with Crippen LogP contribution in [0.15, 0.2) is 39.6 Å². The zero-order valence-corrected chi connectivity index (χ0v) is 16.6. The maximum atomic E-state index is 13.0. The quantitative estimate of drug-likeness (QED) is 0.491. The van der Waals surface area contributed by atoms with E-state index in [0.717, 1.165) is 10.3 Å². The topological polar surface area (TPSA) is 86.8 Å². The summed E-state index contributed by atoms with van der Waals surface area (Å²) in [7, 11) is 0.602. The van der Waals surface area contributed by atoms with Crippen LogP contribution >= 0.6 is 11.3 Å². The minimum Gasteiger partial charge on any atom is -0.323 e. The molecule has 0 spiro atoms. The van der Waals surface area contributed by atoms with Crippen molar-refractivity contribution in [1.29, 1.82) is 0 Å². The summed E-state index contributed by atoms with van der Waals surface area (Å²) in [6.45, 7) is 1.78. The monoisotopic (exact) mass is 400 g/mol. The van der Waals surface area contributed by atoms with Crippen LogP contribution < -0.4 is 5.56 Å². The highest BCUT2D eigenvalue weighted by molar-refractivity contribution is 7.86. The van der Waals surface area contributed by atoms with E-state index in [9.17, 15) is 13.8 Å². The predicted octanol–water partition coefficient (Wildman–Crippen LogP) is 2.33. The molecule has 9 heteroatoms. The third-order valence-corrected chi connectivity index (χ3v) is 6.83. The molecule has 0 bridgehead atoms. The maximum absolute atomic E-state index is 13.0. The lowest BCUT2D eigenvalue weighted by molar-refractivity contribution is 0.101. The van der Waals surface area contributed by atoms with Gasteiger partial charge < -0.3 is 4.57 Å². The fourth-order valence-corrected chi connectivity index (χ4v) is 4.84. The molecule has 0 saturated carbocycles. The minimum absolute atomic E-state index is 0.0227. The molecule has 0 aliphatic heterocycles. The Bertz CT molecular complexity index is 1300. The Hall–Kier alpha value is -2.65. The van der Waals surface area contributed by atoms with Gasteiger partial charge in [-0.05, 0) is 18.6 Å². The molecule has 4 aromatic rings. The van der Waals surface area contributed by atoms with E-state index < -0.39 is 10.8 Å². The number of nitrogens with zero attached hydrogens (tertiary/aromatic N) is 4. The summed E-state index contributed by atoms with van der Waals surface area (Å²) >= 11 is 1.32. The number of aromatic nitrogens is 4. The molecular formula is C18H16N4O3S2. The van der Waals surface area contributed by atoms with Gasteiger partial charge >= 0.3 is 0 Å². The van der Waals surface area contributed by atoms with Crippen molar-refractivity contribution in [3.05, 3.63) is 51.9 Å². The van der Waals surface area contributed by atoms with Crippen LogP contribution in [0, 0.1) is 0 Å². The SMILES string of the molecule is CC(=O)c1cccc(Cn2ncc3c4sc(S(C)=O)nc4n(C)c3c2=O)c1. The molecule has 1 unspecified atom stereocenters. The highest BCUT2D eigenvalue weighted by Gasteiger charge is 2.19. The first-order chi connectivity index (χ1) is 12.9. The summed E-state index contributed by atoms with van der Waals surface area (Å²) in [5, 5.41) is 5.01. The standard InChI is InChI=1S/C18H16N4O3S2/c1-10(23)12-6-4-5-11(7-12)9-22-17(24)14-13(8-19-22)15-16(21(14)2)20-18(26-15)27(3)25/h4-8H,9H2,1-3H3. The Balaban J connectivity index is 1.84. The number of carbonyl (C=O) groups excluding carboxylic acids is 1. The van der Waals surface area contributed by atoms with Crippen LogP contribution in [-0.4, -0.2) is 35.6 Å². The number of ketones is 1. The maximum Gasteiger partial charge on any atom is 0.291 e. The molecule has 1 aromatic carbocycles. The zero-order chi connectivity index (χ0) is 19.3. The Morgan fingerprint density at radius 1 is 1.33 bits per heavy atom. The average molecular weight is 400 g/mol. The number of thiazole rings is 1. The van der Waals surface area contributed by atoms with Crippen molar-refractivity contribution in [2.45, 2.75) is 17.8 Å². The van der Waals surface area contributed by atoms with Gasteiger partial charge in [0.2, 0.25) is 0 Å². The van der Waals surface area contributed by atoms with E-state index >= 15 is 0 Å². The van der Waals surface area contributed by atoms with E-state index in [0.29, 0.717) is 26.5 Å². The first kappa shape index (κ1) is 17.7. The van der Waals surface area contributed by atoms with Gasteiger partial charge in [0.15, 0.2) is 15.8 Å². The van der Waals surface area contributed by atoms with Crippen LogP contribution in [-0.2, 0) is 24.4 Å². The molecule has 0 N–H and O–H groups in total. The van der Waals surface area contributed by atoms with Crippen molar-refractivity contribution in [3.8, 4) is 0 Å². The Kier molecular flexibility index (Phi) is 4.27. The van der Waals surface area contributed by atoms with E-state index in [1.54, 1.807) is 42.3 Å². The summed E-state index contributed by atoms with van der Waals surface area (Å²) in [4.78, 5) is 29.0. The molecule has 0 amide bonds. The number of aryl methyl sites for hydroxylation is 1. The van der Waals surface area contributed by atoms with Crippen molar-refractivity contribution in [1.82, 2.24) is 19.3 Å². The average Bonchev–Trinajstić information content (AvgIpc) is 3.18. The summed E-state index contributed by atoms with van der Waals surface area (Å²) in [5.41, 5.74) is 2.35. The van der Waals surface area contributed by atoms with Crippen molar-refractivity contribution in [2.24, 2.45) is 7.05 Å². The molecule has 1 atom stereocenters. The molecule has 0 fully saturated rings. The van der Waals surface area contributed by atoms with Crippen LogP contribution in [0.2, 0.25) is 0 Å². The fourth-order valence-electron chi connectivity index (χ4n) is 3.07. The Morgan fingerprint density at radius 2 is 2.11 bits per heavy atom. The Morgan fingerprint density at radius 3 is 2.81 bits per heavy atom. The van der Waals surface area contributed by atoms with Crippen LogP contribution in [0.5, 0.6) is 0 Å². The van der Waals surface area contributed by atoms with Crippen molar-refractivity contribution >= 4 is 49.2 Å². The molecule has 7 nitrogen and oxygen atoms in total. The first-order valence-electron chi connectivity index (χ1n) is 8.15. The molecule has 3 heterocycles. The zero-order valence-electron chi connectivity index (χ0n) is 14.9. The molecule has 0 aliphatic rings. The lowest BCUT2D eigenvalue weighted by Crippen LogP contribution is -2.24. The largest absolute Gasteiger partial charge is 0.323 e. The molecule has 27 heavy (non-hydrogen) atoms. The molecule has 138 valence electrons. The summed E-state index contributed by atoms with van der Waals surface area (Å²) in [5.74, 6) is -0.0227. The van der Waals surface area contributed by atoms with Gasteiger partial charge in [0.25, 0.3) is 5.56 Å². The summed E-state index contributed by atoms with van der Waals surface area (Å²) < 4.78 is 16.2. The van der Waals surface area contributed by atoms with E-state index in [1.165, 1.54) is 22.9 Å². The minimum atomic E-state index is -1.17. The lowest BCUT2D eigenvalue weighted by atomic mass is 10.1. The van der Waals surface area contributed by atoms with Crippen LogP contribution in [0.25, 0.3) is 21.3 Å². The van der Waals surface area contributed by atoms with Gasteiger partial charge in [0, 0.05) is 24.3 Å². The molecular weight excluding hydrogens is 384 g/mol. The number of carbonyl (C=O) groups is 1. The van der Waals surface area contributed by atoms with Crippen molar-refractivity contribution in [3.63, 3.8) is 0 Å². The number of rotatable bonds is 4. The van der Waals surface area contributed by atoms with Gasteiger partial charge in [-0.3, -0.25) is 13.8 Å². The van der Waals surface area contributed by atoms with Crippen molar-refractivity contribution in [2.75, 3.05) is 6.26 Å². The molecule has 0 radical (unpaired) electrons. The third-order valence-electron chi connectivity index (χ3n) is 4.42. The number of Topliss-reactive ketones (excluding diaryl/α,β-unsaturated/α-hetero) is 1. The highest BCUT2D eigenvalue weighted by Crippen LogP contribution is 2.31. The van der Waals surface area contributed by atoms with Crippen molar-refractivity contribution < 1.29 is 9.00 Å². The molecule has 4 rings (SSSR count). The van der Waals surface area contributed by atoms with Gasteiger partial charge in [-0.1, -0.05) is 18.2 Å². The first-order valence-corrected chi connectivity index (χ1v) is 10.5. The van der Waals surface area contributed by atoms with Crippen LogP contribution in [0.1, 0.15) is 22.8 Å². The molecule has 3 aromatic heterocycles. The van der Waals surface area contributed by atoms with Gasteiger partial charge in [0.1, 0.15) is 5.52 Å². The highest BCUT2D eigenvalue weighted by atomic mass is 32.2. The second-order valence-electron chi connectivity index (χ2n) is 6.27. The van der Waals surface area contributed by atoms with E-state index in [-0.39, 0.29) is 17.9 Å². The third kappa shape index (κ3) is 2.92. The molecule has 0 saturated heterocycles. The normalized spacial score (nSPS) is 12.7. The number of benzene rings is 1. The second-order valence-corrected chi connectivity index (χ2v) is 8.82. The van der Waals surface area contributed by atoms with E-state index in [4.69, 9.17) is 0 Å². The van der Waals surface area contributed by atoms with Gasteiger partial charge in [-0.15, -0.1) is 11.3 Å². The van der Waals surface area contributed by atoms with Crippen LogP contribution in [0.4, 0.5) is 0 Å². The number of hydrogen-bond acceptors (Lipinski definition) is 6. The van der Waals surface area contributed by atoms with Gasteiger partial charge in [0.05, 0.1) is 28.2 Å². The predicted molar refractivity (Wildman–Crippen MR) is 106 cm³/mol. The molecule has 0 aliphatic carbocycles. The number of hydrogen-bond donors (Lipinski definition) is 0. The smallest absolute Gasteiger partial charge is 0.291 e.